The molecule has 7 heteroatoms. The summed E-state index contributed by atoms with van der Waals surface area (Å²) in [7, 11) is 1.65. The molecule has 0 radical (unpaired) electrons. The average Bonchev–Trinajstić information content (AvgIpc) is 3.54. The van der Waals surface area contributed by atoms with Crippen LogP contribution in [0.15, 0.2) is 52.4 Å². The molecule has 0 unspecified atom stereocenters. The van der Waals surface area contributed by atoms with E-state index >= 15 is 0 Å². The number of hydrogen-bond donors (Lipinski definition) is 1. The lowest BCUT2D eigenvalue weighted by atomic mass is 9.94. The molecule has 1 aromatic heterocycles. The van der Waals surface area contributed by atoms with Crippen LogP contribution in [0.1, 0.15) is 47.6 Å². The summed E-state index contributed by atoms with van der Waals surface area (Å²) in [6, 6.07) is 11.9. The van der Waals surface area contributed by atoms with E-state index in [9.17, 15) is 13.6 Å². The number of aromatic nitrogens is 2. The first kappa shape index (κ1) is 21.6. The molecule has 1 heterocycles. The number of nitrogens with zero attached hydrogens (tertiary/aromatic N) is 1. The van der Waals surface area contributed by atoms with Gasteiger partial charge in [-0.15, -0.1) is 0 Å². The van der Waals surface area contributed by atoms with Crippen molar-refractivity contribution in [3.05, 3.63) is 86.8 Å². The summed E-state index contributed by atoms with van der Waals surface area (Å²) in [6.45, 7) is 3.30. The Morgan fingerprint density at radius 1 is 1.19 bits per heavy atom. The number of nitrogens with one attached hydrogen (secondary N) is 1. The van der Waals surface area contributed by atoms with Gasteiger partial charge in [0, 0.05) is 22.8 Å². The highest BCUT2D eigenvalue weighted by atomic mass is 32.2. The zero-order valence-electron chi connectivity index (χ0n) is 17.6. The van der Waals surface area contributed by atoms with Crippen molar-refractivity contribution in [2.24, 2.45) is 5.92 Å². The third kappa shape index (κ3) is 4.51. The SMILES string of the molecule is COc1ccc([C@@H]2C[C@H]2CSc2nc([C@H](C)c3c(F)cccc3F)c(C)c(=O)[nH]2)cc1. The minimum absolute atomic E-state index is 0.0681. The van der Waals surface area contributed by atoms with Crippen LogP contribution in [-0.2, 0) is 0 Å². The Labute approximate surface area is 184 Å². The van der Waals surface area contributed by atoms with Gasteiger partial charge in [0.2, 0.25) is 0 Å². The van der Waals surface area contributed by atoms with E-state index in [0.29, 0.717) is 28.2 Å². The highest BCUT2D eigenvalue weighted by molar-refractivity contribution is 7.99. The Bertz CT molecular complexity index is 1130. The molecular weight excluding hydrogens is 418 g/mol. The van der Waals surface area contributed by atoms with Crippen molar-refractivity contribution < 1.29 is 13.5 Å². The molecule has 0 spiro atoms. The van der Waals surface area contributed by atoms with Gasteiger partial charge in [0.15, 0.2) is 5.16 Å². The molecule has 0 amide bonds. The molecule has 31 heavy (non-hydrogen) atoms. The first-order chi connectivity index (χ1) is 14.9. The van der Waals surface area contributed by atoms with Crippen LogP contribution in [0.3, 0.4) is 0 Å². The van der Waals surface area contributed by atoms with E-state index in [0.717, 1.165) is 17.9 Å². The monoisotopic (exact) mass is 442 g/mol. The number of halogens is 2. The van der Waals surface area contributed by atoms with Gasteiger partial charge in [-0.1, -0.05) is 36.9 Å². The molecule has 4 nitrogen and oxygen atoms in total. The maximum atomic E-state index is 14.3. The molecular formula is C24H24F2N2O2S. The Balaban J connectivity index is 1.49. The van der Waals surface area contributed by atoms with Crippen molar-refractivity contribution in [2.75, 3.05) is 12.9 Å². The summed E-state index contributed by atoms with van der Waals surface area (Å²) in [5.74, 6) is 0.689. The van der Waals surface area contributed by atoms with Gasteiger partial charge in [0.25, 0.3) is 5.56 Å². The van der Waals surface area contributed by atoms with Crippen molar-refractivity contribution in [3.8, 4) is 5.75 Å². The number of ether oxygens (including phenoxy) is 1. The van der Waals surface area contributed by atoms with Crippen LogP contribution in [-0.4, -0.2) is 22.8 Å². The fourth-order valence-corrected chi connectivity index (χ4v) is 5.02. The summed E-state index contributed by atoms with van der Waals surface area (Å²) >= 11 is 1.48. The molecule has 0 aliphatic heterocycles. The zero-order chi connectivity index (χ0) is 22.1. The summed E-state index contributed by atoms with van der Waals surface area (Å²) < 4.78 is 33.7. The summed E-state index contributed by atoms with van der Waals surface area (Å²) in [6.07, 6.45) is 1.08. The maximum Gasteiger partial charge on any atom is 0.254 e. The van der Waals surface area contributed by atoms with E-state index in [2.05, 4.69) is 22.1 Å². The molecule has 2 aromatic carbocycles. The molecule has 1 aliphatic carbocycles. The van der Waals surface area contributed by atoms with E-state index in [1.54, 1.807) is 21.0 Å². The summed E-state index contributed by atoms with van der Waals surface area (Å²) in [4.78, 5) is 19.8. The van der Waals surface area contributed by atoms with E-state index in [1.165, 1.54) is 35.5 Å². The lowest BCUT2D eigenvalue weighted by Gasteiger charge is -2.16. The second kappa shape index (κ2) is 8.83. The number of hydrogen-bond acceptors (Lipinski definition) is 4. The topological polar surface area (TPSA) is 55.0 Å². The van der Waals surface area contributed by atoms with Gasteiger partial charge >= 0.3 is 0 Å². The van der Waals surface area contributed by atoms with E-state index in [1.807, 2.05) is 12.1 Å². The number of thioether (sulfide) groups is 1. The zero-order valence-corrected chi connectivity index (χ0v) is 18.4. The summed E-state index contributed by atoms with van der Waals surface area (Å²) in [5.41, 5.74) is 1.71. The van der Waals surface area contributed by atoms with E-state index in [4.69, 9.17) is 4.74 Å². The minimum Gasteiger partial charge on any atom is -0.497 e. The highest BCUT2D eigenvalue weighted by Gasteiger charge is 2.38. The van der Waals surface area contributed by atoms with Crippen LogP contribution in [0.2, 0.25) is 0 Å². The lowest BCUT2D eigenvalue weighted by molar-refractivity contribution is 0.414. The van der Waals surface area contributed by atoms with E-state index in [-0.39, 0.29) is 11.1 Å². The van der Waals surface area contributed by atoms with Gasteiger partial charge in [-0.25, -0.2) is 13.8 Å². The van der Waals surface area contributed by atoms with Crippen LogP contribution in [0.5, 0.6) is 5.75 Å². The number of H-pyrrole nitrogens is 1. The standard InChI is InChI=1S/C24H24F2N2O2S/c1-13(21-19(25)5-4-6-20(21)26)22-14(2)23(29)28-24(27-22)31-12-16-11-18(16)15-7-9-17(30-3)10-8-15/h4-10,13,16,18H,11-12H2,1-3H3,(H,27,28,29)/t13-,16+,18+/m1/s1. The Morgan fingerprint density at radius 2 is 1.87 bits per heavy atom. The third-order valence-electron chi connectivity index (χ3n) is 5.91. The van der Waals surface area contributed by atoms with Crippen LogP contribution in [0.4, 0.5) is 8.78 Å². The third-order valence-corrected chi connectivity index (χ3v) is 6.97. The quantitative estimate of drug-likeness (QED) is 0.393. The molecule has 4 rings (SSSR count). The number of methoxy groups -OCH3 is 1. The average molecular weight is 443 g/mol. The molecule has 0 bridgehead atoms. The van der Waals surface area contributed by atoms with Gasteiger partial charge in [0.05, 0.1) is 12.8 Å². The first-order valence-electron chi connectivity index (χ1n) is 10.2. The van der Waals surface area contributed by atoms with Crippen LogP contribution in [0.25, 0.3) is 0 Å². The van der Waals surface area contributed by atoms with Crippen molar-refractivity contribution in [2.45, 2.75) is 37.3 Å². The fraction of sp³-hybridized carbons (Fsp3) is 0.333. The number of rotatable bonds is 7. The molecule has 1 fully saturated rings. The van der Waals surface area contributed by atoms with Crippen molar-refractivity contribution in [1.82, 2.24) is 9.97 Å². The second-order valence-corrected chi connectivity index (χ2v) is 8.93. The van der Waals surface area contributed by atoms with Gasteiger partial charge in [-0.2, -0.15) is 0 Å². The van der Waals surface area contributed by atoms with Crippen molar-refractivity contribution in [1.29, 1.82) is 0 Å². The predicted octanol–water partition coefficient (Wildman–Crippen LogP) is 5.41. The second-order valence-electron chi connectivity index (χ2n) is 7.92. The molecule has 0 saturated heterocycles. The Hall–Kier alpha value is -2.67. The Kier molecular flexibility index (Phi) is 6.14. The Morgan fingerprint density at radius 3 is 2.52 bits per heavy atom. The molecule has 1 aliphatic rings. The number of benzene rings is 2. The normalized spacial score (nSPS) is 18.6. The smallest absolute Gasteiger partial charge is 0.254 e. The first-order valence-corrected chi connectivity index (χ1v) is 11.2. The molecule has 162 valence electrons. The van der Waals surface area contributed by atoms with Crippen molar-refractivity contribution in [3.63, 3.8) is 0 Å². The van der Waals surface area contributed by atoms with Gasteiger partial charge < -0.3 is 9.72 Å². The molecule has 3 aromatic rings. The van der Waals surface area contributed by atoms with Crippen LogP contribution in [0, 0.1) is 24.5 Å². The summed E-state index contributed by atoms with van der Waals surface area (Å²) in [5, 5.41) is 0.481. The molecule has 3 atom stereocenters. The largest absolute Gasteiger partial charge is 0.497 e. The molecule has 1 saturated carbocycles. The number of aromatic amines is 1. The fourth-order valence-electron chi connectivity index (χ4n) is 3.96. The van der Waals surface area contributed by atoms with Crippen LogP contribution < -0.4 is 10.3 Å². The lowest BCUT2D eigenvalue weighted by Crippen LogP contribution is -2.19. The highest BCUT2D eigenvalue weighted by Crippen LogP contribution is 2.49. The maximum absolute atomic E-state index is 14.3. The van der Waals surface area contributed by atoms with Gasteiger partial charge in [-0.05, 0) is 55.0 Å². The van der Waals surface area contributed by atoms with Gasteiger partial charge in [0.1, 0.15) is 17.4 Å². The van der Waals surface area contributed by atoms with Crippen LogP contribution >= 0.6 is 11.8 Å². The minimum atomic E-state index is -0.671. The van der Waals surface area contributed by atoms with Crippen molar-refractivity contribution >= 4 is 11.8 Å². The van der Waals surface area contributed by atoms with Gasteiger partial charge in [-0.3, -0.25) is 4.79 Å². The molecule has 1 N–H and O–H groups in total. The van der Waals surface area contributed by atoms with E-state index < -0.39 is 17.6 Å². The predicted molar refractivity (Wildman–Crippen MR) is 118 cm³/mol.